The summed E-state index contributed by atoms with van der Waals surface area (Å²) in [5.74, 6) is 2.25. The van der Waals surface area contributed by atoms with Gasteiger partial charge in [-0.25, -0.2) is 0 Å². The first-order valence-corrected chi connectivity index (χ1v) is 8.95. The van der Waals surface area contributed by atoms with Gasteiger partial charge in [0.25, 0.3) is 0 Å². The Balaban J connectivity index is 1.64. The summed E-state index contributed by atoms with van der Waals surface area (Å²) in [7, 11) is 0. The lowest BCUT2D eigenvalue weighted by molar-refractivity contribution is -0.118. The third kappa shape index (κ3) is 3.17. The van der Waals surface area contributed by atoms with Crippen LogP contribution in [0.25, 0.3) is 0 Å². The molecule has 0 amide bonds. The molecule has 20 heavy (non-hydrogen) atoms. The van der Waals surface area contributed by atoms with Crippen LogP contribution < -0.4 is 0 Å². The van der Waals surface area contributed by atoms with Crippen molar-refractivity contribution in [2.24, 2.45) is 0 Å². The molecule has 1 saturated carbocycles. The molecule has 1 aromatic carbocycles. The van der Waals surface area contributed by atoms with Crippen molar-refractivity contribution < 1.29 is 14.9 Å². The highest BCUT2D eigenvalue weighted by Gasteiger charge is 2.48. The first-order valence-electron chi connectivity index (χ1n) is 6.98. The molecule has 3 rings (SSSR count). The van der Waals surface area contributed by atoms with Gasteiger partial charge in [0.1, 0.15) is 6.10 Å². The molecule has 2 N–H and O–H groups in total. The van der Waals surface area contributed by atoms with E-state index in [0.29, 0.717) is 13.0 Å². The van der Waals surface area contributed by atoms with Crippen molar-refractivity contribution in [3.63, 3.8) is 0 Å². The van der Waals surface area contributed by atoms with Crippen LogP contribution in [0, 0.1) is 0 Å². The van der Waals surface area contributed by atoms with Crippen LogP contribution in [-0.4, -0.2) is 44.1 Å². The molecule has 110 valence electrons. The molecule has 3 nitrogen and oxygen atoms in total. The molecule has 1 spiro atoms. The molecule has 2 aliphatic rings. The van der Waals surface area contributed by atoms with Crippen molar-refractivity contribution in [2.45, 2.75) is 41.8 Å². The van der Waals surface area contributed by atoms with E-state index in [4.69, 9.17) is 4.74 Å². The third-order valence-electron chi connectivity index (χ3n) is 3.93. The van der Waals surface area contributed by atoms with Crippen molar-refractivity contribution in [2.75, 3.05) is 11.5 Å². The zero-order valence-electron chi connectivity index (χ0n) is 11.3. The maximum atomic E-state index is 10.2. The number of ether oxygens (including phenoxy) is 1. The monoisotopic (exact) mass is 312 g/mol. The Labute approximate surface area is 128 Å². The Kier molecular flexibility index (Phi) is 4.62. The summed E-state index contributed by atoms with van der Waals surface area (Å²) in [6.45, 7) is 0.487. The molecule has 1 aliphatic carbocycles. The van der Waals surface area contributed by atoms with Crippen molar-refractivity contribution in [3.8, 4) is 0 Å². The average molecular weight is 312 g/mol. The fourth-order valence-corrected chi connectivity index (χ4v) is 6.25. The second-order valence-electron chi connectivity index (χ2n) is 5.41. The van der Waals surface area contributed by atoms with Crippen LogP contribution >= 0.6 is 23.5 Å². The van der Waals surface area contributed by atoms with E-state index in [2.05, 4.69) is 0 Å². The quantitative estimate of drug-likeness (QED) is 0.896. The van der Waals surface area contributed by atoms with E-state index in [1.54, 1.807) is 0 Å². The Hall–Kier alpha value is -0.200. The van der Waals surface area contributed by atoms with Gasteiger partial charge in [0.2, 0.25) is 0 Å². The molecule has 1 aromatic rings. The van der Waals surface area contributed by atoms with Crippen LogP contribution in [0.3, 0.4) is 0 Å². The van der Waals surface area contributed by atoms with E-state index in [-0.39, 0.29) is 10.2 Å². The van der Waals surface area contributed by atoms with Crippen LogP contribution in [0.2, 0.25) is 0 Å². The Bertz CT molecular complexity index is 434. The highest BCUT2D eigenvalue weighted by atomic mass is 32.2. The number of rotatable bonds is 3. The van der Waals surface area contributed by atoms with Gasteiger partial charge in [-0.2, -0.15) is 0 Å². The topological polar surface area (TPSA) is 49.7 Å². The molecule has 0 unspecified atom stereocenters. The van der Waals surface area contributed by atoms with E-state index in [9.17, 15) is 10.2 Å². The van der Waals surface area contributed by atoms with Crippen LogP contribution in [0.1, 0.15) is 18.4 Å². The normalized spacial score (nSPS) is 32.6. The fourth-order valence-electron chi connectivity index (χ4n) is 2.87. The van der Waals surface area contributed by atoms with Crippen molar-refractivity contribution >= 4 is 23.5 Å². The second-order valence-corrected chi connectivity index (χ2v) is 8.62. The predicted octanol–water partition coefficient (Wildman–Crippen LogP) is 2.26. The minimum Gasteiger partial charge on any atom is -0.390 e. The molecule has 5 heteroatoms. The number of hydrogen-bond acceptors (Lipinski definition) is 5. The summed E-state index contributed by atoms with van der Waals surface area (Å²) in [6, 6.07) is 9.97. The second kappa shape index (κ2) is 6.28. The summed E-state index contributed by atoms with van der Waals surface area (Å²) >= 11 is 3.82. The fraction of sp³-hybridized carbons (Fsp3) is 0.600. The first kappa shape index (κ1) is 14.7. The van der Waals surface area contributed by atoms with E-state index >= 15 is 0 Å². The van der Waals surface area contributed by atoms with Gasteiger partial charge in [-0.05, 0) is 12.0 Å². The van der Waals surface area contributed by atoms with Crippen LogP contribution in [0.15, 0.2) is 30.3 Å². The molecule has 1 saturated heterocycles. The zero-order valence-corrected chi connectivity index (χ0v) is 12.9. The minimum atomic E-state index is -0.772. The highest BCUT2D eigenvalue weighted by molar-refractivity contribution is 8.21. The predicted molar refractivity (Wildman–Crippen MR) is 83.9 cm³/mol. The molecule has 0 bridgehead atoms. The Morgan fingerprint density at radius 3 is 2.50 bits per heavy atom. The smallest absolute Gasteiger partial charge is 0.106 e. The summed E-state index contributed by atoms with van der Waals surface area (Å²) in [6.07, 6.45) is -0.256. The maximum absolute atomic E-state index is 10.2. The van der Waals surface area contributed by atoms with Gasteiger partial charge in [-0.1, -0.05) is 30.3 Å². The molecule has 2 fully saturated rings. The molecule has 1 heterocycles. The number of hydrogen-bond donors (Lipinski definition) is 2. The molecular formula is C15H20O3S2. The lowest BCUT2D eigenvalue weighted by atomic mass is 9.91. The number of aliphatic hydroxyl groups excluding tert-OH is 2. The van der Waals surface area contributed by atoms with E-state index in [1.165, 1.54) is 0 Å². The van der Waals surface area contributed by atoms with E-state index in [1.807, 2.05) is 53.9 Å². The third-order valence-corrected chi connectivity index (χ3v) is 7.43. The summed E-state index contributed by atoms with van der Waals surface area (Å²) in [4.78, 5) is 0. The summed E-state index contributed by atoms with van der Waals surface area (Å²) < 4.78 is 5.94. The van der Waals surface area contributed by atoms with Gasteiger partial charge in [-0.15, -0.1) is 23.5 Å². The van der Waals surface area contributed by atoms with Crippen molar-refractivity contribution in [1.29, 1.82) is 0 Å². The number of benzene rings is 1. The lowest BCUT2D eigenvalue weighted by Crippen LogP contribution is -2.50. The molecule has 0 aromatic heterocycles. The lowest BCUT2D eigenvalue weighted by Gasteiger charge is -2.42. The van der Waals surface area contributed by atoms with Gasteiger partial charge in [0, 0.05) is 17.9 Å². The number of aliphatic hydroxyl groups is 2. The first-order chi connectivity index (χ1) is 9.69. The van der Waals surface area contributed by atoms with Gasteiger partial charge in [0.05, 0.1) is 22.9 Å². The highest BCUT2D eigenvalue weighted by Crippen LogP contribution is 2.53. The maximum Gasteiger partial charge on any atom is 0.106 e. The van der Waals surface area contributed by atoms with E-state index in [0.717, 1.165) is 23.5 Å². The van der Waals surface area contributed by atoms with Crippen LogP contribution in [-0.2, 0) is 11.3 Å². The van der Waals surface area contributed by atoms with Crippen LogP contribution in [0.4, 0.5) is 0 Å². The zero-order chi connectivity index (χ0) is 14.0. The average Bonchev–Trinajstić information content (AvgIpc) is 2.90. The van der Waals surface area contributed by atoms with Gasteiger partial charge < -0.3 is 14.9 Å². The minimum absolute atomic E-state index is 0.0417. The van der Waals surface area contributed by atoms with Gasteiger partial charge in [-0.3, -0.25) is 0 Å². The molecule has 3 atom stereocenters. The number of thioether (sulfide) groups is 2. The van der Waals surface area contributed by atoms with Crippen LogP contribution in [0.5, 0.6) is 0 Å². The van der Waals surface area contributed by atoms with Gasteiger partial charge >= 0.3 is 0 Å². The van der Waals surface area contributed by atoms with Crippen molar-refractivity contribution in [1.82, 2.24) is 0 Å². The molecule has 1 aliphatic heterocycles. The van der Waals surface area contributed by atoms with E-state index < -0.39 is 12.2 Å². The van der Waals surface area contributed by atoms with Crippen molar-refractivity contribution in [3.05, 3.63) is 35.9 Å². The molecular weight excluding hydrogens is 292 g/mol. The largest absolute Gasteiger partial charge is 0.390 e. The standard InChI is InChI=1S/C15H20O3S2/c16-12-8-15(19-6-7-20-15)9-13(14(12)17)18-10-11-4-2-1-3-5-11/h1-5,12-14,16-17H,6-10H2/t12-,13-,14-/m1/s1. The van der Waals surface area contributed by atoms with Gasteiger partial charge in [0.15, 0.2) is 0 Å². The molecule has 0 radical (unpaired) electrons. The Morgan fingerprint density at radius 2 is 1.80 bits per heavy atom. The SMILES string of the molecule is O[C@@H]1[C@H](O)CC2(C[C@H]1OCc1ccccc1)SCCS2. The summed E-state index contributed by atoms with van der Waals surface area (Å²) in [5, 5.41) is 20.3. The Morgan fingerprint density at radius 1 is 1.10 bits per heavy atom. The summed E-state index contributed by atoms with van der Waals surface area (Å²) in [5.41, 5.74) is 1.10.